The number of aryl methyl sites for hydroxylation is 1. The van der Waals surface area contributed by atoms with Gasteiger partial charge in [-0.05, 0) is 82.0 Å². The lowest BCUT2D eigenvalue weighted by Gasteiger charge is -2.48. The van der Waals surface area contributed by atoms with Crippen LogP contribution < -0.4 is 4.74 Å². The van der Waals surface area contributed by atoms with E-state index in [9.17, 15) is 9.18 Å². The van der Waals surface area contributed by atoms with Crippen LogP contribution in [0.5, 0.6) is 5.75 Å². The van der Waals surface area contributed by atoms with E-state index in [4.69, 9.17) is 14.2 Å². The highest BCUT2D eigenvalue weighted by Crippen LogP contribution is 2.44. The number of carbonyl (C=O) groups is 1. The number of carbonyl (C=O) groups excluding carboxylic acids is 1. The van der Waals surface area contributed by atoms with Gasteiger partial charge in [-0.1, -0.05) is 12.1 Å². The average molecular weight is 470 g/mol. The van der Waals surface area contributed by atoms with Crippen molar-refractivity contribution in [3.8, 4) is 5.75 Å². The summed E-state index contributed by atoms with van der Waals surface area (Å²) in [4.78, 5) is 15.1. The Bertz CT molecular complexity index is 1000. The van der Waals surface area contributed by atoms with Crippen molar-refractivity contribution < 1.29 is 23.4 Å². The summed E-state index contributed by atoms with van der Waals surface area (Å²) >= 11 is 0. The van der Waals surface area contributed by atoms with E-state index in [1.54, 1.807) is 12.1 Å². The van der Waals surface area contributed by atoms with Crippen LogP contribution in [0.15, 0.2) is 42.5 Å². The number of ether oxygens (including phenoxy) is 3. The second-order valence-electron chi connectivity index (χ2n) is 9.80. The van der Waals surface area contributed by atoms with Gasteiger partial charge < -0.3 is 19.1 Å². The number of amides is 1. The van der Waals surface area contributed by atoms with E-state index < -0.39 is 0 Å². The first-order chi connectivity index (χ1) is 16.3. The minimum Gasteiger partial charge on any atom is -0.491 e. The van der Waals surface area contributed by atoms with E-state index in [1.807, 2.05) is 56.9 Å². The molecule has 2 aromatic carbocycles. The Morgan fingerprint density at radius 2 is 1.97 bits per heavy atom. The van der Waals surface area contributed by atoms with Gasteiger partial charge >= 0.3 is 0 Å². The number of rotatable bonds is 6. The summed E-state index contributed by atoms with van der Waals surface area (Å²) in [5.74, 6) is 0.590. The lowest BCUT2D eigenvalue weighted by molar-refractivity contribution is -0.190. The van der Waals surface area contributed by atoms with Crippen LogP contribution in [0.2, 0.25) is 0 Å². The van der Waals surface area contributed by atoms with Crippen LogP contribution in [-0.2, 0) is 9.47 Å². The number of benzene rings is 2. The monoisotopic (exact) mass is 469 g/mol. The highest BCUT2D eigenvalue weighted by atomic mass is 19.1. The van der Waals surface area contributed by atoms with Gasteiger partial charge in [-0.15, -0.1) is 0 Å². The molecular formula is C28H36FNO4. The normalized spacial score (nSPS) is 22.2. The van der Waals surface area contributed by atoms with Gasteiger partial charge in [-0.25, -0.2) is 4.39 Å². The molecule has 1 amide bonds. The van der Waals surface area contributed by atoms with E-state index in [-0.39, 0.29) is 35.6 Å². The van der Waals surface area contributed by atoms with Crippen LogP contribution >= 0.6 is 0 Å². The maximum absolute atomic E-state index is 13.9. The molecule has 2 aliphatic rings. The Hall–Kier alpha value is -2.44. The smallest absolute Gasteiger partial charge is 0.253 e. The fraction of sp³-hybridized carbons (Fsp3) is 0.536. The molecule has 6 heteroatoms. The highest BCUT2D eigenvalue weighted by Gasteiger charge is 2.45. The van der Waals surface area contributed by atoms with Crippen molar-refractivity contribution in [2.75, 3.05) is 19.7 Å². The summed E-state index contributed by atoms with van der Waals surface area (Å²) in [6.45, 7) is 9.83. The summed E-state index contributed by atoms with van der Waals surface area (Å²) in [5, 5.41) is 0. The van der Waals surface area contributed by atoms with Crippen LogP contribution in [0.25, 0.3) is 0 Å². The van der Waals surface area contributed by atoms with E-state index in [1.165, 1.54) is 6.07 Å². The molecule has 2 unspecified atom stereocenters. The molecule has 2 heterocycles. The van der Waals surface area contributed by atoms with Crippen LogP contribution in [0.4, 0.5) is 4.39 Å². The molecule has 2 atom stereocenters. The van der Waals surface area contributed by atoms with Gasteiger partial charge in [0, 0.05) is 38.1 Å². The maximum Gasteiger partial charge on any atom is 0.253 e. The fourth-order valence-corrected chi connectivity index (χ4v) is 5.20. The number of hydrogen-bond acceptors (Lipinski definition) is 4. The predicted molar refractivity (Wildman–Crippen MR) is 130 cm³/mol. The minimum absolute atomic E-state index is 0.0351. The molecule has 0 bridgehead atoms. The van der Waals surface area contributed by atoms with Gasteiger partial charge in [0.25, 0.3) is 5.91 Å². The number of likely N-dealkylation sites (tertiary alicyclic amines) is 1. The van der Waals surface area contributed by atoms with Crippen molar-refractivity contribution >= 4 is 5.91 Å². The first kappa shape index (κ1) is 24.7. The van der Waals surface area contributed by atoms with E-state index in [2.05, 4.69) is 0 Å². The predicted octanol–water partition coefficient (Wildman–Crippen LogP) is 5.85. The van der Waals surface area contributed by atoms with Crippen molar-refractivity contribution in [3.05, 3.63) is 65.0 Å². The lowest BCUT2D eigenvalue weighted by atomic mass is 9.80. The van der Waals surface area contributed by atoms with E-state index in [0.29, 0.717) is 31.7 Å². The molecular weight excluding hydrogens is 433 g/mol. The summed E-state index contributed by atoms with van der Waals surface area (Å²) in [7, 11) is 0. The third kappa shape index (κ3) is 5.61. The van der Waals surface area contributed by atoms with E-state index in [0.717, 1.165) is 36.1 Å². The minimum atomic E-state index is -0.364. The largest absolute Gasteiger partial charge is 0.491 e. The standard InChI is InChI=1S/C28H36FNO4/c1-5-32-24-17-26(21-7-6-8-23(29)16-21)34-28(18-24)11-13-30(14-12-28)27(31)22-9-10-25(20(4)15-22)33-19(2)3/h6-10,15-16,19,24,26H,5,11-14,17-18H2,1-4H3. The van der Waals surface area contributed by atoms with Gasteiger partial charge in [0.1, 0.15) is 11.6 Å². The Kier molecular flexibility index (Phi) is 7.58. The zero-order valence-corrected chi connectivity index (χ0v) is 20.7. The van der Waals surface area contributed by atoms with Crippen LogP contribution in [0, 0.1) is 12.7 Å². The van der Waals surface area contributed by atoms with Gasteiger partial charge in [-0.3, -0.25) is 4.79 Å². The molecule has 1 spiro atoms. The van der Waals surface area contributed by atoms with Gasteiger partial charge in [0.2, 0.25) is 0 Å². The number of piperidine rings is 1. The molecule has 0 N–H and O–H groups in total. The summed E-state index contributed by atoms with van der Waals surface area (Å²) in [5.41, 5.74) is 2.12. The number of nitrogens with zero attached hydrogens (tertiary/aromatic N) is 1. The number of hydrogen-bond donors (Lipinski definition) is 0. The van der Waals surface area contributed by atoms with Gasteiger partial charge in [0.15, 0.2) is 0 Å². The maximum atomic E-state index is 13.9. The second-order valence-corrected chi connectivity index (χ2v) is 9.80. The molecule has 184 valence electrons. The molecule has 0 aliphatic carbocycles. The molecule has 2 aromatic rings. The quantitative estimate of drug-likeness (QED) is 0.532. The highest BCUT2D eigenvalue weighted by molar-refractivity contribution is 5.94. The molecule has 0 saturated carbocycles. The SMILES string of the molecule is CCOC1CC(c2cccc(F)c2)OC2(CCN(C(=O)c3ccc(OC(C)C)c(C)c3)CC2)C1. The molecule has 0 aromatic heterocycles. The second kappa shape index (κ2) is 10.4. The third-order valence-corrected chi connectivity index (χ3v) is 6.84. The molecule has 34 heavy (non-hydrogen) atoms. The molecule has 2 fully saturated rings. The molecule has 5 nitrogen and oxygen atoms in total. The van der Waals surface area contributed by atoms with Crippen LogP contribution in [0.3, 0.4) is 0 Å². The summed E-state index contributed by atoms with van der Waals surface area (Å²) < 4.78 is 32.3. The zero-order valence-electron chi connectivity index (χ0n) is 20.7. The average Bonchev–Trinajstić information content (AvgIpc) is 2.80. The Balaban J connectivity index is 1.45. The number of halogens is 1. The Morgan fingerprint density at radius 3 is 2.62 bits per heavy atom. The van der Waals surface area contributed by atoms with Crippen molar-refractivity contribution in [3.63, 3.8) is 0 Å². The first-order valence-electron chi connectivity index (χ1n) is 12.4. The Labute approximate surface area is 202 Å². The lowest BCUT2D eigenvalue weighted by Crippen LogP contribution is -2.52. The molecule has 4 rings (SSSR count). The van der Waals surface area contributed by atoms with Gasteiger partial charge in [-0.2, -0.15) is 0 Å². The van der Waals surface area contributed by atoms with Crippen molar-refractivity contribution in [1.29, 1.82) is 0 Å². The van der Waals surface area contributed by atoms with Crippen LogP contribution in [0.1, 0.15) is 74.0 Å². The van der Waals surface area contributed by atoms with Crippen molar-refractivity contribution in [2.24, 2.45) is 0 Å². The van der Waals surface area contributed by atoms with Crippen molar-refractivity contribution in [2.45, 2.75) is 77.3 Å². The first-order valence-corrected chi connectivity index (χ1v) is 12.4. The topological polar surface area (TPSA) is 48.0 Å². The third-order valence-electron chi connectivity index (χ3n) is 6.84. The molecule has 0 radical (unpaired) electrons. The van der Waals surface area contributed by atoms with Crippen LogP contribution in [-0.4, -0.2) is 48.3 Å². The molecule has 2 saturated heterocycles. The summed E-state index contributed by atoms with van der Waals surface area (Å²) in [6.07, 6.45) is 2.93. The van der Waals surface area contributed by atoms with Crippen molar-refractivity contribution in [1.82, 2.24) is 4.90 Å². The van der Waals surface area contributed by atoms with E-state index >= 15 is 0 Å². The Morgan fingerprint density at radius 1 is 1.21 bits per heavy atom. The molecule has 2 aliphatic heterocycles. The summed E-state index contributed by atoms with van der Waals surface area (Å²) in [6, 6.07) is 12.3. The zero-order chi connectivity index (χ0) is 24.3. The fourth-order valence-electron chi connectivity index (χ4n) is 5.20. The van der Waals surface area contributed by atoms with Gasteiger partial charge in [0.05, 0.1) is 23.9 Å².